The van der Waals surface area contributed by atoms with E-state index in [2.05, 4.69) is 0 Å². The molecule has 0 fully saturated rings. The molecule has 0 N–H and O–H groups in total. The van der Waals surface area contributed by atoms with Crippen LogP contribution in [0.15, 0.2) is 97.3 Å². The van der Waals surface area contributed by atoms with Crippen LogP contribution in [-0.4, -0.2) is 17.6 Å². The molecule has 4 heteroatoms. The van der Waals surface area contributed by atoms with E-state index >= 15 is 0 Å². The fraction of sp³-hybridized carbons (Fsp3) is 0.115. The van der Waals surface area contributed by atoms with Gasteiger partial charge in [0.15, 0.2) is 0 Å². The Hall–Kier alpha value is -3.79. The number of methoxy groups -OCH3 is 1. The first-order valence-corrected chi connectivity index (χ1v) is 9.82. The second kappa shape index (κ2) is 9.14. The molecule has 0 unspecified atom stereocenters. The van der Waals surface area contributed by atoms with Crippen LogP contribution in [0.1, 0.15) is 21.5 Å². The second-order valence-corrected chi connectivity index (χ2v) is 7.03. The van der Waals surface area contributed by atoms with Gasteiger partial charge in [-0.15, -0.1) is 0 Å². The van der Waals surface area contributed by atoms with Crippen LogP contribution >= 0.6 is 0 Å². The molecule has 0 saturated carbocycles. The molecule has 30 heavy (non-hydrogen) atoms. The highest BCUT2D eigenvalue weighted by Gasteiger charge is 2.16. The third-order valence-electron chi connectivity index (χ3n) is 4.91. The van der Waals surface area contributed by atoms with Crippen LogP contribution in [0, 0.1) is 0 Å². The lowest BCUT2D eigenvalue weighted by Crippen LogP contribution is -2.02. The minimum absolute atomic E-state index is 0.336. The molecular weight excluding hydrogens is 374 g/mol. The van der Waals surface area contributed by atoms with Crippen LogP contribution in [0.2, 0.25) is 0 Å². The highest BCUT2D eigenvalue weighted by Crippen LogP contribution is 2.26. The van der Waals surface area contributed by atoms with E-state index < -0.39 is 0 Å². The summed E-state index contributed by atoms with van der Waals surface area (Å²) in [7, 11) is 1.41. The normalized spacial score (nSPS) is 10.6. The molecule has 3 aromatic carbocycles. The van der Waals surface area contributed by atoms with Gasteiger partial charge in [-0.05, 0) is 28.8 Å². The molecule has 0 amide bonds. The second-order valence-electron chi connectivity index (χ2n) is 7.03. The molecule has 0 bridgehead atoms. The summed E-state index contributed by atoms with van der Waals surface area (Å²) in [5, 5.41) is 0. The molecule has 4 nitrogen and oxygen atoms in total. The van der Waals surface area contributed by atoms with Gasteiger partial charge in [-0.3, -0.25) is 0 Å². The minimum Gasteiger partial charge on any atom is -0.489 e. The van der Waals surface area contributed by atoms with Crippen LogP contribution in [0.3, 0.4) is 0 Å². The van der Waals surface area contributed by atoms with Crippen LogP contribution in [-0.2, 0) is 17.9 Å². The van der Waals surface area contributed by atoms with Crippen molar-refractivity contribution in [1.29, 1.82) is 0 Å². The summed E-state index contributed by atoms with van der Waals surface area (Å²) in [5.41, 5.74) is 4.67. The van der Waals surface area contributed by atoms with Crippen LogP contribution in [0.4, 0.5) is 0 Å². The molecule has 0 spiro atoms. The number of esters is 1. The first kappa shape index (κ1) is 19.5. The van der Waals surface area contributed by atoms with Gasteiger partial charge in [-0.2, -0.15) is 0 Å². The summed E-state index contributed by atoms with van der Waals surface area (Å²) in [5.74, 6) is 0.493. The lowest BCUT2D eigenvalue weighted by Gasteiger charge is -2.08. The standard InChI is InChI=1S/C26H23NO3/c1-29-26(28)25-18-27(17-24(25)22-10-6-3-7-11-22)16-20-12-14-23(15-13-20)30-19-21-8-4-2-5-9-21/h2-15,17-18H,16,19H2,1H3. The molecule has 4 aromatic rings. The summed E-state index contributed by atoms with van der Waals surface area (Å²) in [6.45, 7) is 1.19. The lowest BCUT2D eigenvalue weighted by molar-refractivity contribution is 0.0601. The minimum atomic E-state index is -0.336. The summed E-state index contributed by atoms with van der Waals surface area (Å²) in [4.78, 5) is 12.3. The maximum Gasteiger partial charge on any atom is 0.340 e. The van der Waals surface area contributed by atoms with Crippen molar-refractivity contribution >= 4 is 5.97 Å². The topological polar surface area (TPSA) is 40.5 Å². The zero-order valence-electron chi connectivity index (χ0n) is 16.8. The van der Waals surface area contributed by atoms with Gasteiger partial charge in [0, 0.05) is 24.5 Å². The Balaban J connectivity index is 1.48. The quantitative estimate of drug-likeness (QED) is 0.383. The monoisotopic (exact) mass is 397 g/mol. The lowest BCUT2D eigenvalue weighted by atomic mass is 10.1. The number of hydrogen-bond donors (Lipinski definition) is 0. The molecule has 0 aliphatic carbocycles. The Labute approximate surface area is 176 Å². The van der Waals surface area contributed by atoms with Crippen molar-refractivity contribution in [3.05, 3.63) is 114 Å². The highest BCUT2D eigenvalue weighted by molar-refractivity contribution is 5.97. The van der Waals surface area contributed by atoms with Crippen molar-refractivity contribution in [2.24, 2.45) is 0 Å². The third kappa shape index (κ3) is 4.61. The smallest absolute Gasteiger partial charge is 0.340 e. The Morgan fingerprint density at radius 1 is 0.800 bits per heavy atom. The molecule has 0 radical (unpaired) electrons. The average Bonchev–Trinajstić information content (AvgIpc) is 3.23. The van der Waals surface area contributed by atoms with Gasteiger partial charge < -0.3 is 14.0 Å². The highest BCUT2D eigenvalue weighted by atomic mass is 16.5. The van der Waals surface area contributed by atoms with Crippen molar-refractivity contribution in [2.75, 3.05) is 7.11 Å². The Morgan fingerprint density at radius 2 is 1.47 bits per heavy atom. The number of nitrogens with zero attached hydrogens (tertiary/aromatic N) is 1. The van der Waals surface area contributed by atoms with Crippen LogP contribution in [0.25, 0.3) is 11.1 Å². The number of aromatic nitrogens is 1. The molecule has 1 heterocycles. The van der Waals surface area contributed by atoms with Gasteiger partial charge in [-0.25, -0.2) is 4.79 Å². The van der Waals surface area contributed by atoms with Gasteiger partial charge in [0.05, 0.1) is 12.7 Å². The van der Waals surface area contributed by atoms with Crippen LogP contribution < -0.4 is 4.74 Å². The molecule has 1 aromatic heterocycles. The number of rotatable bonds is 7. The summed E-state index contributed by atoms with van der Waals surface area (Å²) >= 11 is 0. The van der Waals surface area contributed by atoms with E-state index in [-0.39, 0.29) is 5.97 Å². The van der Waals surface area contributed by atoms with E-state index in [0.29, 0.717) is 18.7 Å². The van der Waals surface area contributed by atoms with Gasteiger partial charge in [-0.1, -0.05) is 72.8 Å². The van der Waals surface area contributed by atoms with Crippen molar-refractivity contribution < 1.29 is 14.3 Å². The maximum atomic E-state index is 12.3. The molecule has 0 aliphatic heterocycles. The van der Waals surface area contributed by atoms with Crippen LogP contribution in [0.5, 0.6) is 5.75 Å². The SMILES string of the molecule is COC(=O)c1cn(Cc2ccc(OCc3ccccc3)cc2)cc1-c1ccccc1. The molecule has 150 valence electrons. The molecule has 0 saturated heterocycles. The molecule has 4 rings (SSSR count). The predicted molar refractivity (Wildman–Crippen MR) is 118 cm³/mol. The average molecular weight is 397 g/mol. The first-order chi connectivity index (χ1) is 14.7. The zero-order valence-corrected chi connectivity index (χ0v) is 16.8. The van der Waals surface area contributed by atoms with E-state index in [1.165, 1.54) is 7.11 Å². The number of carbonyl (C=O) groups is 1. The van der Waals surface area contributed by atoms with Crippen molar-refractivity contribution in [3.8, 4) is 16.9 Å². The van der Waals surface area contributed by atoms with Crippen molar-refractivity contribution in [3.63, 3.8) is 0 Å². The molecule has 0 atom stereocenters. The number of hydrogen-bond acceptors (Lipinski definition) is 3. The van der Waals surface area contributed by atoms with Gasteiger partial charge in [0.25, 0.3) is 0 Å². The Bertz CT molecular complexity index is 1100. The van der Waals surface area contributed by atoms with Gasteiger partial charge in [0.1, 0.15) is 12.4 Å². The Morgan fingerprint density at radius 3 is 2.13 bits per heavy atom. The summed E-state index contributed by atoms with van der Waals surface area (Å²) in [6, 6.07) is 28.0. The third-order valence-corrected chi connectivity index (χ3v) is 4.91. The largest absolute Gasteiger partial charge is 0.489 e. The van der Waals surface area contributed by atoms with E-state index in [1.807, 2.05) is 102 Å². The van der Waals surface area contributed by atoms with E-state index in [4.69, 9.17) is 9.47 Å². The van der Waals surface area contributed by atoms with E-state index in [0.717, 1.165) is 28.0 Å². The number of carbonyl (C=O) groups excluding carboxylic acids is 1. The van der Waals surface area contributed by atoms with Crippen molar-refractivity contribution in [1.82, 2.24) is 4.57 Å². The van der Waals surface area contributed by atoms with E-state index in [9.17, 15) is 4.79 Å². The first-order valence-electron chi connectivity index (χ1n) is 9.82. The van der Waals surface area contributed by atoms with E-state index in [1.54, 1.807) is 0 Å². The summed E-state index contributed by atoms with van der Waals surface area (Å²) < 4.78 is 12.8. The number of benzene rings is 3. The Kier molecular flexibility index (Phi) is 5.95. The fourth-order valence-corrected chi connectivity index (χ4v) is 3.36. The van der Waals surface area contributed by atoms with Crippen molar-refractivity contribution in [2.45, 2.75) is 13.2 Å². The zero-order chi connectivity index (χ0) is 20.8. The number of ether oxygens (including phenoxy) is 2. The summed E-state index contributed by atoms with van der Waals surface area (Å²) in [6.07, 6.45) is 3.83. The van der Waals surface area contributed by atoms with Gasteiger partial charge >= 0.3 is 5.97 Å². The van der Waals surface area contributed by atoms with Gasteiger partial charge in [0.2, 0.25) is 0 Å². The predicted octanol–water partition coefficient (Wildman–Crippen LogP) is 5.57. The fourth-order valence-electron chi connectivity index (χ4n) is 3.36. The molecule has 0 aliphatic rings. The molecular formula is C26H23NO3. The maximum absolute atomic E-state index is 12.3.